The summed E-state index contributed by atoms with van der Waals surface area (Å²) in [4.78, 5) is 24.6. The number of hydrogen-bond acceptors (Lipinski definition) is 8. The van der Waals surface area contributed by atoms with Crippen molar-refractivity contribution in [3.8, 4) is 23.0 Å². The molecule has 0 unspecified atom stereocenters. The van der Waals surface area contributed by atoms with Crippen LogP contribution in [-0.4, -0.2) is 67.5 Å². The van der Waals surface area contributed by atoms with Crippen LogP contribution >= 0.6 is 11.8 Å². The number of rotatable bonds is 8. The normalized spacial score (nSPS) is 10.3. The van der Waals surface area contributed by atoms with Crippen LogP contribution in [0.15, 0.2) is 27.8 Å². The van der Waals surface area contributed by atoms with Crippen molar-refractivity contribution in [3.63, 3.8) is 0 Å². The first-order valence-electron chi connectivity index (χ1n) is 7.61. The summed E-state index contributed by atoms with van der Waals surface area (Å²) in [6, 6.07) is 5.23. The Bertz CT molecular complexity index is 780. The minimum atomic E-state index is -0.237. The standard InChI is InChI=1S/C16H20N4O5S/c1-17-13(21)8-20(2)14(22)9-26-16-19-18-15(25-16)10-5-6-11(23-3)12(7-10)24-4/h5-7H,8-9H2,1-4H3,(H,17,21). The molecule has 10 heteroatoms. The third-order valence-corrected chi connectivity index (χ3v) is 4.24. The van der Waals surface area contributed by atoms with Crippen molar-refractivity contribution in [1.82, 2.24) is 20.4 Å². The lowest BCUT2D eigenvalue weighted by Crippen LogP contribution is -2.37. The average Bonchev–Trinajstić information content (AvgIpc) is 3.14. The Morgan fingerprint density at radius 1 is 1.23 bits per heavy atom. The SMILES string of the molecule is CNC(=O)CN(C)C(=O)CSc1nnc(-c2ccc(OC)c(OC)c2)o1. The van der Waals surface area contributed by atoms with Crippen molar-refractivity contribution in [1.29, 1.82) is 0 Å². The van der Waals surface area contributed by atoms with Crippen molar-refractivity contribution < 1.29 is 23.5 Å². The number of benzene rings is 1. The van der Waals surface area contributed by atoms with E-state index in [1.165, 1.54) is 19.1 Å². The van der Waals surface area contributed by atoms with E-state index in [1.807, 2.05) is 0 Å². The summed E-state index contributed by atoms with van der Waals surface area (Å²) in [6.45, 7) is -0.00335. The molecular formula is C16H20N4O5S. The quantitative estimate of drug-likeness (QED) is 0.677. The van der Waals surface area contributed by atoms with Crippen molar-refractivity contribution in [2.75, 3.05) is 40.6 Å². The number of carbonyl (C=O) groups excluding carboxylic acids is 2. The van der Waals surface area contributed by atoms with Gasteiger partial charge in [-0.15, -0.1) is 10.2 Å². The van der Waals surface area contributed by atoms with Crippen LogP contribution in [0.3, 0.4) is 0 Å². The minimum absolute atomic E-state index is 0.00335. The molecule has 0 bridgehead atoms. The number of carbonyl (C=O) groups is 2. The van der Waals surface area contributed by atoms with Gasteiger partial charge in [0.2, 0.25) is 17.7 Å². The van der Waals surface area contributed by atoms with Crippen LogP contribution in [0.2, 0.25) is 0 Å². The maximum absolute atomic E-state index is 12.0. The molecule has 0 atom stereocenters. The van der Waals surface area contributed by atoms with E-state index in [-0.39, 0.29) is 29.3 Å². The molecule has 1 aromatic carbocycles. The highest BCUT2D eigenvalue weighted by Crippen LogP contribution is 2.32. The number of aromatic nitrogens is 2. The van der Waals surface area contributed by atoms with Gasteiger partial charge in [-0.25, -0.2) is 0 Å². The molecule has 9 nitrogen and oxygen atoms in total. The van der Waals surface area contributed by atoms with Gasteiger partial charge in [-0.2, -0.15) is 0 Å². The smallest absolute Gasteiger partial charge is 0.277 e. The van der Waals surface area contributed by atoms with Gasteiger partial charge in [-0.3, -0.25) is 9.59 Å². The highest BCUT2D eigenvalue weighted by molar-refractivity contribution is 7.99. The fourth-order valence-electron chi connectivity index (χ4n) is 1.97. The van der Waals surface area contributed by atoms with Gasteiger partial charge >= 0.3 is 0 Å². The van der Waals surface area contributed by atoms with Gasteiger partial charge < -0.3 is 24.1 Å². The number of nitrogens with one attached hydrogen (secondary N) is 1. The summed E-state index contributed by atoms with van der Waals surface area (Å²) in [5.41, 5.74) is 0.671. The number of amides is 2. The van der Waals surface area contributed by atoms with E-state index in [1.54, 1.807) is 32.4 Å². The summed E-state index contributed by atoms with van der Waals surface area (Å²) in [7, 11) is 6.17. The predicted molar refractivity (Wildman–Crippen MR) is 95.3 cm³/mol. The minimum Gasteiger partial charge on any atom is -0.493 e. The molecule has 0 radical (unpaired) electrons. The van der Waals surface area contributed by atoms with Crippen molar-refractivity contribution in [2.24, 2.45) is 0 Å². The Morgan fingerprint density at radius 2 is 1.96 bits per heavy atom. The lowest BCUT2D eigenvalue weighted by molar-refractivity contribution is -0.132. The fourth-order valence-corrected chi connectivity index (χ4v) is 2.67. The molecule has 26 heavy (non-hydrogen) atoms. The van der Waals surface area contributed by atoms with E-state index >= 15 is 0 Å². The third-order valence-electron chi connectivity index (χ3n) is 3.44. The predicted octanol–water partition coefficient (Wildman–Crippen LogP) is 1.05. The lowest BCUT2D eigenvalue weighted by Gasteiger charge is -2.14. The number of likely N-dealkylation sites (N-methyl/N-ethyl adjacent to an activating group) is 2. The molecule has 140 valence electrons. The number of ether oxygens (including phenoxy) is 2. The van der Waals surface area contributed by atoms with Crippen LogP contribution in [-0.2, 0) is 9.59 Å². The van der Waals surface area contributed by atoms with Crippen LogP contribution < -0.4 is 14.8 Å². The third kappa shape index (κ3) is 4.88. The summed E-state index contributed by atoms with van der Waals surface area (Å²) in [5.74, 6) is 1.07. The first-order chi connectivity index (χ1) is 12.5. The molecule has 2 amide bonds. The van der Waals surface area contributed by atoms with E-state index in [2.05, 4.69) is 15.5 Å². The monoisotopic (exact) mass is 380 g/mol. The van der Waals surface area contributed by atoms with Crippen LogP contribution in [0.4, 0.5) is 0 Å². The molecule has 0 aliphatic heterocycles. The Kier molecular flexibility index (Phi) is 6.84. The molecule has 2 rings (SSSR count). The van der Waals surface area contributed by atoms with Crippen molar-refractivity contribution in [2.45, 2.75) is 5.22 Å². The first-order valence-corrected chi connectivity index (χ1v) is 8.60. The highest BCUT2D eigenvalue weighted by Gasteiger charge is 2.16. The summed E-state index contributed by atoms with van der Waals surface area (Å²) < 4.78 is 16.0. The molecule has 2 aromatic rings. The zero-order valence-electron chi connectivity index (χ0n) is 14.9. The molecule has 0 spiro atoms. The molecular weight excluding hydrogens is 360 g/mol. The zero-order chi connectivity index (χ0) is 19.1. The fraction of sp³-hybridized carbons (Fsp3) is 0.375. The van der Waals surface area contributed by atoms with Gasteiger partial charge in [-0.05, 0) is 18.2 Å². The molecule has 0 aliphatic rings. The van der Waals surface area contributed by atoms with Gasteiger partial charge in [-0.1, -0.05) is 11.8 Å². The van der Waals surface area contributed by atoms with Gasteiger partial charge in [0.05, 0.1) is 26.5 Å². The van der Waals surface area contributed by atoms with Crippen LogP contribution in [0.25, 0.3) is 11.5 Å². The molecule has 0 saturated heterocycles. The van der Waals surface area contributed by atoms with Gasteiger partial charge in [0.1, 0.15) is 0 Å². The Hall–Kier alpha value is -2.75. The maximum atomic E-state index is 12.0. The highest BCUT2D eigenvalue weighted by atomic mass is 32.2. The molecule has 1 aromatic heterocycles. The zero-order valence-corrected chi connectivity index (χ0v) is 15.8. The molecule has 0 fully saturated rings. The number of methoxy groups -OCH3 is 2. The lowest BCUT2D eigenvalue weighted by atomic mass is 10.2. The number of hydrogen-bond donors (Lipinski definition) is 1. The molecule has 1 N–H and O–H groups in total. The Balaban J connectivity index is 1.99. The largest absolute Gasteiger partial charge is 0.493 e. The Labute approximate surface area is 155 Å². The Morgan fingerprint density at radius 3 is 2.62 bits per heavy atom. The summed E-state index contributed by atoms with van der Waals surface area (Å²) >= 11 is 1.11. The van der Waals surface area contributed by atoms with Crippen molar-refractivity contribution in [3.05, 3.63) is 18.2 Å². The second kappa shape index (κ2) is 9.09. The molecule has 1 heterocycles. The topological polar surface area (TPSA) is 107 Å². The van der Waals surface area contributed by atoms with Gasteiger partial charge in [0.25, 0.3) is 5.22 Å². The summed E-state index contributed by atoms with van der Waals surface area (Å²) in [6.07, 6.45) is 0. The van der Waals surface area contributed by atoms with Crippen LogP contribution in [0.1, 0.15) is 0 Å². The van der Waals surface area contributed by atoms with E-state index in [4.69, 9.17) is 13.9 Å². The van der Waals surface area contributed by atoms with E-state index in [0.717, 1.165) is 11.8 Å². The van der Waals surface area contributed by atoms with Gasteiger partial charge in [0, 0.05) is 19.7 Å². The van der Waals surface area contributed by atoms with E-state index < -0.39 is 0 Å². The summed E-state index contributed by atoms with van der Waals surface area (Å²) in [5, 5.41) is 10.6. The van der Waals surface area contributed by atoms with Gasteiger partial charge in [0.15, 0.2) is 11.5 Å². The number of thioether (sulfide) groups is 1. The van der Waals surface area contributed by atoms with Crippen LogP contribution in [0.5, 0.6) is 11.5 Å². The average molecular weight is 380 g/mol. The van der Waals surface area contributed by atoms with E-state index in [9.17, 15) is 9.59 Å². The second-order valence-corrected chi connectivity index (χ2v) is 6.08. The van der Waals surface area contributed by atoms with Crippen molar-refractivity contribution >= 4 is 23.6 Å². The molecule has 0 aliphatic carbocycles. The maximum Gasteiger partial charge on any atom is 0.277 e. The second-order valence-electron chi connectivity index (χ2n) is 5.15. The molecule has 0 saturated carbocycles. The first kappa shape index (κ1) is 19.6. The number of nitrogens with zero attached hydrogens (tertiary/aromatic N) is 3. The van der Waals surface area contributed by atoms with Crippen LogP contribution in [0, 0.1) is 0 Å². The van der Waals surface area contributed by atoms with E-state index in [0.29, 0.717) is 23.0 Å².